The van der Waals surface area contributed by atoms with Crippen LogP contribution >= 0.6 is 15.9 Å². The van der Waals surface area contributed by atoms with Crippen LogP contribution in [0.2, 0.25) is 0 Å². The van der Waals surface area contributed by atoms with Crippen molar-refractivity contribution in [2.45, 2.75) is 6.92 Å². The summed E-state index contributed by atoms with van der Waals surface area (Å²) in [5.41, 5.74) is 2.66. The molecule has 0 N–H and O–H groups in total. The van der Waals surface area contributed by atoms with Crippen LogP contribution < -0.4 is 0 Å². The first-order valence-electron chi connectivity index (χ1n) is 5.75. The average molecular weight is 316 g/mol. The molecule has 0 saturated heterocycles. The van der Waals surface area contributed by atoms with Gasteiger partial charge in [-0.2, -0.15) is 0 Å². The van der Waals surface area contributed by atoms with Crippen molar-refractivity contribution < 1.29 is 4.42 Å². The maximum atomic E-state index is 5.67. The van der Waals surface area contributed by atoms with E-state index in [9.17, 15) is 0 Å². The highest BCUT2D eigenvalue weighted by molar-refractivity contribution is 9.10. The second-order valence-electron chi connectivity index (χ2n) is 4.11. The Kier molecular flexibility index (Phi) is 3.13. The minimum absolute atomic E-state index is 0.475. The van der Waals surface area contributed by atoms with Gasteiger partial charge < -0.3 is 4.42 Å². The van der Waals surface area contributed by atoms with E-state index in [-0.39, 0.29) is 0 Å². The van der Waals surface area contributed by atoms with Crippen molar-refractivity contribution in [1.29, 1.82) is 0 Å². The van der Waals surface area contributed by atoms with Gasteiger partial charge in [0.05, 0.1) is 5.56 Å². The number of pyridine rings is 1. The number of hydrogen-bond donors (Lipinski definition) is 0. The van der Waals surface area contributed by atoms with Crippen molar-refractivity contribution >= 4 is 15.9 Å². The van der Waals surface area contributed by atoms with E-state index in [4.69, 9.17) is 4.42 Å². The summed E-state index contributed by atoms with van der Waals surface area (Å²) >= 11 is 3.42. The van der Waals surface area contributed by atoms with Gasteiger partial charge >= 0.3 is 0 Å². The van der Waals surface area contributed by atoms with Crippen LogP contribution in [-0.4, -0.2) is 15.2 Å². The predicted molar refractivity (Wildman–Crippen MR) is 75.4 cm³/mol. The lowest BCUT2D eigenvalue weighted by Crippen LogP contribution is -1.82. The number of halogens is 1. The highest BCUT2D eigenvalue weighted by Crippen LogP contribution is 2.25. The van der Waals surface area contributed by atoms with Crippen molar-refractivity contribution in [2.75, 3.05) is 0 Å². The quantitative estimate of drug-likeness (QED) is 0.720. The Balaban J connectivity index is 1.97. The van der Waals surface area contributed by atoms with E-state index in [2.05, 4.69) is 31.1 Å². The number of hydrogen-bond acceptors (Lipinski definition) is 4. The van der Waals surface area contributed by atoms with Gasteiger partial charge in [0.1, 0.15) is 0 Å². The van der Waals surface area contributed by atoms with Crippen molar-refractivity contribution in [3.8, 4) is 22.9 Å². The average Bonchev–Trinajstić information content (AvgIpc) is 2.89. The Hall–Kier alpha value is -2.01. The molecule has 0 amide bonds. The molecular weight excluding hydrogens is 306 g/mol. The van der Waals surface area contributed by atoms with Crippen LogP contribution in [0.4, 0.5) is 0 Å². The van der Waals surface area contributed by atoms with Crippen LogP contribution in [0.5, 0.6) is 0 Å². The third-order valence-electron chi connectivity index (χ3n) is 2.65. The molecular formula is C14H10BrN3O. The zero-order chi connectivity index (χ0) is 13.2. The van der Waals surface area contributed by atoms with E-state index in [0.717, 1.165) is 21.3 Å². The molecule has 0 radical (unpaired) electrons. The first-order chi connectivity index (χ1) is 9.22. The molecule has 19 heavy (non-hydrogen) atoms. The molecule has 2 aromatic heterocycles. The van der Waals surface area contributed by atoms with Crippen molar-refractivity contribution in [3.05, 3.63) is 52.8 Å². The summed E-state index contributed by atoms with van der Waals surface area (Å²) in [6, 6.07) is 11.6. The summed E-state index contributed by atoms with van der Waals surface area (Å²) in [5.74, 6) is 0.972. The molecule has 0 bridgehead atoms. The zero-order valence-corrected chi connectivity index (χ0v) is 11.8. The third-order valence-corrected chi connectivity index (χ3v) is 3.15. The molecule has 1 aromatic carbocycles. The molecule has 0 saturated carbocycles. The Morgan fingerprint density at radius 1 is 1.00 bits per heavy atom. The number of benzene rings is 1. The van der Waals surface area contributed by atoms with E-state index < -0.39 is 0 Å². The van der Waals surface area contributed by atoms with Crippen LogP contribution in [-0.2, 0) is 0 Å². The summed E-state index contributed by atoms with van der Waals surface area (Å²) in [4.78, 5) is 4.22. The molecule has 0 unspecified atom stereocenters. The first-order valence-corrected chi connectivity index (χ1v) is 6.54. The molecule has 0 atom stereocenters. The second kappa shape index (κ2) is 4.93. The molecule has 2 heterocycles. The second-order valence-corrected chi connectivity index (χ2v) is 5.03. The fourth-order valence-electron chi connectivity index (χ4n) is 1.67. The van der Waals surface area contributed by atoms with E-state index in [1.165, 1.54) is 0 Å². The van der Waals surface area contributed by atoms with E-state index in [1.807, 2.05) is 43.3 Å². The lowest BCUT2D eigenvalue weighted by atomic mass is 10.2. The van der Waals surface area contributed by atoms with Crippen LogP contribution in [0.15, 0.2) is 51.5 Å². The molecule has 0 aliphatic rings. The smallest absolute Gasteiger partial charge is 0.249 e. The molecule has 0 fully saturated rings. The van der Waals surface area contributed by atoms with Gasteiger partial charge in [-0.1, -0.05) is 22.0 Å². The lowest BCUT2D eigenvalue weighted by Gasteiger charge is -1.96. The SMILES string of the molecule is Cc1ccc(-c2nnc(-c3cccc(Br)c3)o2)cn1. The number of aryl methyl sites for hydroxylation is 1. The standard InChI is InChI=1S/C14H10BrN3O/c1-9-5-6-11(8-16-9)14-18-17-13(19-14)10-3-2-4-12(15)7-10/h2-8H,1H3. The largest absolute Gasteiger partial charge is 0.416 e. The van der Waals surface area contributed by atoms with Gasteiger partial charge in [0.25, 0.3) is 0 Å². The Morgan fingerprint density at radius 2 is 1.79 bits per heavy atom. The van der Waals surface area contributed by atoms with Gasteiger partial charge in [-0.3, -0.25) is 4.98 Å². The molecule has 0 aliphatic heterocycles. The van der Waals surface area contributed by atoms with Gasteiger partial charge in [-0.25, -0.2) is 0 Å². The number of aromatic nitrogens is 3. The van der Waals surface area contributed by atoms with E-state index in [0.29, 0.717) is 11.8 Å². The molecule has 0 aliphatic carbocycles. The Morgan fingerprint density at radius 3 is 2.47 bits per heavy atom. The van der Waals surface area contributed by atoms with Crippen molar-refractivity contribution in [1.82, 2.24) is 15.2 Å². The minimum atomic E-state index is 0.475. The normalized spacial score (nSPS) is 10.6. The van der Waals surface area contributed by atoms with Gasteiger partial charge in [0.15, 0.2) is 0 Å². The van der Waals surface area contributed by atoms with Crippen LogP contribution in [0.25, 0.3) is 22.9 Å². The predicted octanol–water partition coefficient (Wildman–Crippen LogP) is 3.87. The van der Waals surface area contributed by atoms with Crippen molar-refractivity contribution in [3.63, 3.8) is 0 Å². The molecule has 3 rings (SSSR count). The van der Waals surface area contributed by atoms with E-state index in [1.54, 1.807) is 6.20 Å². The fourth-order valence-corrected chi connectivity index (χ4v) is 2.07. The van der Waals surface area contributed by atoms with Gasteiger partial charge in [-0.05, 0) is 37.3 Å². The summed E-state index contributed by atoms with van der Waals surface area (Å²) in [6.07, 6.45) is 1.73. The van der Waals surface area contributed by atoms with Crippen LogP contribution in [0.3, 0.4) is 0 Å². The zero-order valence-electron chi connectivity index (χ0n) is 10.2. The number of rotatable bonds is 2. The summed E-state index contributed by atoms with van der Waals surface area (Å²) < 4.78 is 6.64. The third kappa shape index (κ3) is 2.56. The monoisotopic (exact) mass is 315 g/mol. The highest BCUT2D eigenvalue weighted by atomic mass is 79.9. The maximum absolute atomic E-state index is 5.67. The van der Waals surface area contributed by atoms with E-state index >= 15 is 0 Å². The van der Waals surface area contributed by atoms with Gasteiger partial charge in [0.2, 0.25) is 11.8 Å². The molecule has 0 spiro atoms. The topological polar surface area (TPSA) is 51.8 Å². The van der Waals surface area contributed by atoms with Crippen molar-refractivity contribution in [2.24, 2.45) is 0 Å². The number of nitrogens with zero attached hydrogens (tertiary/aromatic N) is 3. The maximum Gasteiger partial charge on any atom is 0.249 e. The lowest BCUT2D eigenvalue weighted by molar-refractivity contribution is 0.584. The van der Waals surface area contributed by atoms with Gasteiger partial charge in [-0.15, -0.1) is 10.2 Å². The Bertz CT molecular complexity index is 707. The first kappa shape index (κ1) is 12.0. The fraction of sp³-hybridized carbons (Fsp3) is 0.0714. The minimum Gasteiger partial charge on any atom is -0.416 e. The Labute approximate surface area is 118 Å². The van der Waals surface area contributed by atoms with Gasteiger partial charge in [0, 0.05) is 21.9 Å². The molecule has 94 valence electrons. The summed E-state index contributed by atoms with van der Waals surface area (Å²) in [7, 11) is 0. The molecule has 5 heteroatoms. The van der Waals surface area contributed by atoms with Crippen LogP contribution in [0, 0.1) is 6.92 Å². The molecule has 3 aromatic rings. The van der Waals surface area contributed by atoms with Crippen LogP contribution in [0.1, 0.15) is 5.69 Å². The highest BCUT2D eigenvalue weighted by Gasteiger charge is 2.10. The molecule has 4 nitrogen and oxygen atoms in total. The summed E-state index contributed by atoms with van der Waals surface area (Å²) in [5, 5.41) is 8.11. The summed E-state index contributed by atoms with van der Waals surface area (Å²) in [6.45, 7) is 1.94.